The molecule has 0 saturated carbocycles. The second-order valence-corrected chi connectivity index (χ2v) is 7.76. The molecule has 3 aromatic heterocycles. The van der Waals surface area contributed by atoms with E-state index in [0.29, 0.717) is 22.3 Å². The molecule has 1 unspecified atom stereocenters. The van der Waals surface area contributed by atoms with E-state index in [1.807, 2.05) is 67.1 Å². The van der Waals surface area contributed by atoms with Crippen LogP contribution in [0.5, 0.6) is 5.88 Å². The Morgan fingerprint density at radius 1 is 1.03 bits per heavy atom. The summed E-state index contributed by atoms with van der Waals surface area (Å²) in [5.41, 5.74) is 5.18. The van der Waals surface area contributed by atoms with E-state index >= 15 is 0 Å². The van der Waals surface area contributed by atoms with Gasteiger partial charge in [-0.25, -0.2) is 9.97 Å². The first-order valence-corrected chi connectivity index (χ1v) is 10.2. The molecule has 1 atom stereocenters. The van der Waals surface area contributed by atoms with E-state index in [-0.39, 0.29) is 6.04 Å². The zero-order chi connectivity index (χ0) is 22.0. The minimum Gasteiger partial charge on any atom is -0.479 e. The van der Waals surface area contributed by atoms with Gasteiger partial charge in [-0.3, -0.25) is 0 Å². The van der Waals surface area contributed by atoms with Gasteiger partial charge in [0.05, 0.1) is 30.9 Å². The van der Waals surface area contributed by atoms with Crippen LogP contribution < -0.4 is 10.1 Å². The Bertz CT molecular complexity index is 1210. The van der Waals surface area contributed by atoms with E-state index in [2.05, 4.69) is 32.4 Å². The standard InChI is InChI=1S/C23H23ClN6O/c1-14-11-20(28-29-22(14)26-16(3)17-5-7-18(24)8-6-17)19-9-10-21(23(27-19)31-4)30-12-15(2)25-13-30/h5-13,16H,1-4H3,(H,26,29). The SMILES string of the molecule is COc1nc(-c2cc(C)c(NC(C)c3ccc(Cl)cc3)nn2)ccc1-n1cnc(C)c1. The van der Waals surface area contributed by atoms with E-state index in [4.69, 9.17) is 16.3 Å². The number of hydrogen-bond donors (Lipinski definition) is 1. The molecule has 4 aromatic rings. The first-order valence-electron chi connectivity index (χ1n) is 9.87. The normalized spacial score (nSPS) is 11.9. The predicted molar refractivity (Wildman–Crippen MR) is 122 cm³/mol. The van der Waals surface area contributed by atoms with Crippen molar-refractivity contribution in [1.82, 2.24) is 24.7 Å². The molecule has 0 bridgehead atoms. The molecule has 0 fully saturated rings. The van der Waals surface area contributed by atoms with Crippen molar-refractivity contribution in [3.05, 3.63) is 76.8 Å². The van der Waals surface area contributed by atoms with Crippen molar-refractivity contribution in [2.45, 2.75) is 26.8 Å². The average Bonchev–Trinajstić information content (AvgIpc) is 3.21. The zero-order valence-corrected chi connectivity index (χ0v) is 18.6. The Morgan fingerprint density at radius 3 is 2.45 bits per heavy atom. The third kappa shape index (κ3) is 4.51. The van der Waals surface area contributed by atoms with E-state index in [1.54, 1.807) is 13.4 Å². The highest BCUT2D eigenvalue weighted by molar-refractivity contribution is 6.30. The number of halogens is 1. The monoisotopic (exact) mass is 434 g/mol. The number of nitrogens with one attached hydrogen (secondary N) is 1. The molecule has 1 aromatic carbocycles. The van der Waals surface area contributed by atoms with E-state index in [9.17, 15) is 0 Å². The lowest BCUT2D eigenvalue weighted by Crippen LogP contribution is -2.10. The maximum Gasteiger partial charge on any atom is 0.238 e. The lowest BCUT2D eigenvalue weighted by atomic mass is 10.1. The Morgan fingerprint density at radius 2 is 1.81 bits per heavy atom. The minimum atomic E-state index is 0.0623. The number of methoxy groups -OCH3 is 1. The quantitative estimate of drug-likeness (QED) is 0.450. The van der Waals surface area contributed by atoms with Gasteiger partial charge in [0.15, 0.2) is 5.82 Å². The van der Waals surface area contributed by atoms with Crippen LogP contribution in [0.15, 0.2) is 55.0 Å². The Kier molecular flexibility index (Phi) is 5.86. The molecule has 0 saturated heterocycles. The summed E-state index contributed by atoms with van der Waals surface area (Å²) in [5, 5.41) is 12.9. The average molecular weight is 435 g/mol. The molecule has 0 spiro atoms. The van der Waals surface area contributed by atoms with Crippen LogP contribution in [0.3, 0.4) is 0 Å². The Labute approximate surface area is 186 Å². The summed E-state index contributed by atoms with van der Waals surface area (Å²) in [4.78, 5) is 8.89. The van der Waals surface area contributed by atoms with Crippen molar-refractivity contribution in [2.24, 2.45) is 0 Å². The molecule has 8 heteroatoms. The molecule has 31 heavy (non-hydrogen) atoms. The van der Waals surface area contributed by atoms with Gasteiger partial charge in [0, 0.05) is 11.2 Å². The highest BCUT2D eigenvalue weighted by atomic mass is 35.5. The first kappa shape index (κ1) is 20.8. The van der Waals surface area contributed by atoms with Crippen molar-refractivity contribution < 1.29 is 4.74 Å². The van der Waals surface area contributed by atoms with Crippen LogP contribution in [0, 0.1) is 13.8 Å². The van der Waals surface area contributed by atoms with Crippen LogP contribution in [-0.4, -0.2) is 31.8 Å². The summed E-state index contributed by atoms with van der Waals surface area (Å²) in [6.07, 6.45) is 3.66. The Balaban J connectivity index is 1.58. The van der Waals surface area contributed by atoms with Crippen molar-refractivity contribution in [3.63, 3.8) is 0 Å². The summed E-state index contributed by atoms with van der Waals surface area (Å²) in [7, 11) is 1.60. The van der Waals surface area contributed by atoms with Gasteiger partial charge < -0.3 is 14.6 Å². The number of rotatable bonds is 6. The fraction of sp³-hybridized carbons (Fsp3) is 0.217. The number of anilines is 1. The van der Waals surface area contributed by atoms with Gasteiger partial charge in [-0.15, -0.1) is 10.2 Å². The molecule has 0 aliphatic rings. The maximum atomic E-state index is 5.98. The molecule has 158 valence electrons. The minimum absolute atomic E-state index is 0.0623. The number of benzene rings is 1. The fourth-order valence-electron chi connectivity index (χ4n) is 3.27. The van der Waals surface area contributed by atoms with E-state index in [0.717, 1.165) is 28.3 Å². The van der Waals surface area contributed by atoms with Gasteiger partial charge in [-0.05, 0) is 62.2 Å². The molecule has 0 aliphatic carbocycles. The van der Waals surface area contributed by atoms with Crippen molar-refractivity contribution in [1.29, 1.82) is 0 Å². The van der Waals surface area contributed by atoms with Gasteiger partial charge in [0.25, 0.3) is 0 Å². The number of pyridine rings is 1. The van der Waals surface area contributed by atoms with Crippen LogP contribution in [0.4, 0.5) is 5.82 Å². The predicted octanol–water partition coefficient (Wildman–Crippen LogP) is 5.18. The number of hydrogen-bond acceptors (Lipinski definition) is 6. The number of aromatic nitrogens is 5. The molecule has 0 amide bonds. The number of aryl methyl sites for hydroxylation is 2. The Hall–Kier alpha value is -3.45. The van der Waals surface area contributed by atoms with Gasteiger partial charge in [0.2, 0.25) is 5.88 Å². The largest absolute Gasteiger partial charge is 0.479 e. The second-order valence-electron chi connectivity index (χ2n) is 7.33. The fourth-order valence-corrected chi connectivity index (χ4v) is 3.39. The van der Waals surface area contributed by atoms with Gasteiger partial charge >= 0.3 is 0 Å². The molecule has 3 heterocycles. The van der Waals surface area contributed by atoms with Crippen molar-refractivity contribution in [2.75, 3.05) is 12.4 Å². The number of imidazole rings is 1. The molecule has 0 aliphatic heterocycles. The molecule has 1 N–H and O–H groups in total. The maximum absolute atomic E-state index is 5.98. The smallest absolute Gasteiger partial charge is 0.238 e. The lowest BCUT2D eigenvalue weighted by Gasteiger charge is -2.16. The summed E-state index contributed by atoms with van der Waals surface area (Å²) < 4.78 is 7.39. The highest BCUT2D eigenvalue weighted by Crippen LogP contribution is 2.27. The van der Waals surface area contributed by atoms with Crippen molar-refractivity contribution in [3.8, 4) is 23.0 Å². The van der Waals surface area contributed by atoms with Crippen LogP contribution >= 0.6 is 11.6 Å². The summed E-state index contributed by atoms with van der Waals surface area (Å²) in [5.74, 6) is 1.22. The van der Waals surface area contributed by atoms with Crippen LogP contribution in [0.2, 0.25) is 5.02 Å². The summed E-state index contributed by atoms with van der Waals surface area (Å²) in [6, 6.07) is 13.6. The molecule has 0 radical (unpaired) electrons. The third-order valence-corrected chi connectivity index (χ3v) is 5.25. The topological polar surface area (TPSA) is 77.8 Å². The summed E-state index contributed by atoms with van der Waals surface area (Å²) in [6.45, 7) is 6.00. The van der Waals surface area contributed by atoms with E-state index < -0.39 is 0 Å². The molecular formula is C23H23ClN6O. The second kappa shape index (κ2) is 8.73. The van der Waals surface area contributed by atoms with Crippen molar-refractivity contribution >= 4 is 17.4 Å². The highest BCUT2D eigenvalue weighted by Gasteiger charge is 2.14. The zero-order valence-electron chi connectivity index (χ0n) is 17.8. The number of nitrogens with zero attached hydrogens (tertiary/aromatic N) is 5. The van der Waals surface area contributed by atoms with Gasteiger partial charge in [0.1, 0.15) is 11.4 Å². The van der Waals surface area contributed by atoms with Crippen LogP contribution in [-0.2, 0) is 0 Å². The van der Waals surface area contributed by atoms with Crippen LogP contribution in [0.25, 0.3) is 17.1 Å². The molecule has 4 rings (SSSR count). The van der Waals surface area contributed by atoms with Gasteiger partial charge in [-0.2, -0.15) is 0 Å². The first-order chi connectivity index (χ1) is 14.9. The summed E-state index contributed by atoms with van der Waals surface area (Å²) >= 11 is 5.98. The molecular weight excluding hydrogens is 412 g/mol. The number of ether oxygens (including phenoxy) is 1. The lowest BCUT2D eigenvalue weighted by molar-refractivity contribution is 0.396. The van der Waals surface area contributed by atoms with Crippen LogP contribution in [0.1, 0.15) is 29.8 Å². The molecule has 7 nitrogen and oxygen atoms in total. The van der Waals surface area contributed by atoms with Gasteiger partial charge in [-0.1, -0.05) is 23.7 Å². The third-order valence-electron chi connectivity index (χ3n) is 4.99. The van der Waals surface area contributed by atoms with E-state index in [1.165, 1.54) is 0 Å².